The van der Waals surface area contributed by atoms with Gasteiger partial charge in [0.05, 0.1) is 6.10 Å². The summed E-state index contributed by atoms with van der Waals surface area (Å²) in [5, 5.41) is 11.6. The molecule has 2 amide bonds. The molecule has 0 aromatic carbocycles. The molecule has 0 bridgehead atoms. The Bertz CT molecular complexity index is 307. The molecule has 1 fully saturated rings. The molecule has 0 spiro atoms. The fourth-order valence-corrected chi connectivity index (χ4v) is 2.28. The van der Waals surface area contributed by atoms with Crippen LogP contribution in [0.4, 0.5) is 4.79 Å². The lowest BCUT2D eigenvalue weighted by Gasteiger charge is -2.33. The van der Waals surface area contributed by atoms with Crippen LogP contribution < -0.4 is 5.32 Å². The monoisotopic (exact) mass is 272 g/mol. The Labute approximate surface area is 114 Å². The van der Waals surface area contributed by atoms with Crippen LogP contribution in [-0.4, -0.2) is 53.8 Å². The van der Waals surface area contributed by atoms with Crippen molar-refractivity contribution in [2.75, 3.05) is 19.7 Å². The Balaban J connectivity index is 2.49. The second-order valence-electron chi connectivity index (χ2n) is 4.79. The summed E-state index contributed by atoms with van der Waals surface area (Å²) < 4.78 is 5.53. The molecular weight excluding hydrogens is 248 g/mol. The number of nitrogens with one attached hydrogen (secondary N) is 1. The smallest absolute Gasteiger partial charge is 0.326 e. The maximum absolute atomic E-state index is 12.0. The number of carbonyl (C=O) groups is 2. The van der Waals surface area contributed by atoms with E-state index in [9.17, 15) is 9.59 Å². The minimum absolute atomic E-state index is 0.0685. The maximum atomic E-state index is 12.0. The SMILES string of the molecule is CCC[C@@H](NC(=O)N1CCCC(OCC)C1)C(=O)O. The second-order valence-corrected chi connectivity index (χ2v) is 4.79. The van der Waals surface area contributed by atoms with Gasteiger partial charge in [-0.05, 0) is 26.2 Å². The van der Waals surface area contributed by atoms with E-state index in [4.69, 9.17) is 9.84 Å². The summed E-state index contributed by atoms with van der Waals surface area (Å²) in [5.74, 6) is -0.978. The topological polar surface area (TPSA) is 78.9 Å². The Morgan fingerprint density at radius 3 is 2.79 bits per heavy atom. The highest BCUT2D eigenvalue weighted by molar-refractivity contribution is 5.82. The van der Waals surface area contributed by atoms with Crippen molar-refractivity contribution in [2.24, 2.45) is 0 Å². The Hall–Kier alpha value is -1.30. The van der Waals surface area contributed by atoms with E-state index in [0.717, 1.165) is 19.3 Å². The third-order valence-electron chi connectivity index (χ3n) is 3.24. The van der Waals surface area contributed by atoms with Gasteiger partial charge in [-0.2, -0.15) is 0 Å². The molecular formula is C13H24N2O4. The third kappa shape index (κ3) is 5.06. The van der Waals surface area contributed by atoms with Gasteiger partial charge >= 0.3 is 12.0 Å². The van der Waals surface area contributed by atoms with Crippen LogP contribution in [-0.2, 0) is 9.53 Å². The molecule has 1 saturated heterocycles. The average molecular weight is 272 g/mol. The van der Waals surface area contributed by atoms with E-state index < -0.39 is 12.0 Å². The van der Waals surface area contributed by atoms with E-state index in [1.165, 1.54) is 0 Å². The number of aliphatic carboxylic acids is 1. The fourth-order valence-electron chi connectivity index (χ4n) is 2.28. The zero-order valence-electron chi connectivity index (χ0n) is 11.7. The van der Waals surface area contributed by atoms with Crippen molar-refractivity contribution in [3.63, 3.8) is 0 Å². The number of hydrogen-bond donors (Lipinski definition) is 2. The van der Waals surface area contributed by atoms with Gasteiger partial charge in [-0.3, -0.25) is 0 Å². The number of nitrogens with zero attached hydrogens (tertiary/aromatic N) is 1. The lowest BCUT2D eigenvalue weighted by Crippen LogP contribution is -2.52. The van der Waals surface area contributed by atoms with E-state index in [1.54, 1.807) is 4.90 Å². The predicted molar refractivity (Wildman–Crippen MR) is 71.1 cm³/mol. The van der Waals surface area contributed by atoms with Gasteiger partial charge in [0.1, 0.15) is 6.04 Å². The first-order valence-corrected chi connectivity index (χ1v) is 6.98. The van der Waals surface area contributed by atoms with Gasteiger partial charge in [-0.1, -0.05) is 13.3 Å². The minimum Gasteiger partial charge on any atom is -0.480 e. The van der Waals surface area contributed by atoms with Crippen LogP contribution in [0.3, 0.4) is 0 Å². The summed E-state index contributed by atoms with van der Waals surface area (Å²) in [7, 11) is 0. The van der Waals surface area contributed by atoms with E-state index in [1.807, 2.05) is 13.8 Å². The summed E-state index contributed by atoms with van der Waals surface area (Å²) in [6.45, 7) is 5.66. The summed E-state index contributed by atoms with van der Waals surface area (Å²) in [5.41, 5.74) is 0. The van der Waals surface area contributed by atoms with E-state index in [-0.39, 0.29) is 12.1 Å². The molecule has 6 heteroatoms. The highest BCUT2D eigenvalue weighted by Crippen LogP contribution is 2.13. The molecule has 6 nitrogen and oxygen atoms in total. The Morgan fingerprint density at radius 2 is 2.21 bits per heavy atom. The maximum Gasteiger partial charge on any atom is 0.326 e. The van der Waals surface area contributed by atoms with Crippen molar-refractivity contribution in [3.05, 3.63) is 0 Å². The van der Waals surface area contributed by atoms with Crippen molar-refractivity contribution >= 4 is 12.0 Å². The molecule has 0 aromatic heterocycles. The molecule has 1 aliphatic heterocycles. The minimum atomic E-state index is -0.978. The standard InChI is InChI=1S/C13H24N2O4/c1-3-6-11(12(16)17)14-13(18)15-8-5-7-10(9-15)19-4-2/h10-11H,3-9H2,1-2H3,(H,14,18)(H,16,17)/t10?,11-/m1/s1. The molecule has 1 unspecified atom stereocenters. The molecule has 1 rings (SSSR count). The van der Waals surface area contributed by atoms with E-state index in [2.05, 4.69) is 5.32 Å². The zero-order valence-corrected chi connectivity index (χ0v) is 11.7. The molecule has 1 heterocycles. The number of piperidine rings is 1. The fraction of sp³-hybridized carbons (Fsp3) is 0.846. The molecule has 2 N–H and O–H groups in total. The largest absolute Gasteiger partial charge is 0.480 e. The van der Waals surface area contributed by atoms with Crippen LogP contribution in [0.25, 0.3) is 0 Å². The summed E-state index contributed by atoms with van der Waals surface area (Å²) >= 11 is 0. The van der Waals surface area contributed by atoms with E-state index in [0.29, 0.717) is 26.1 Å². The molecule has 110 valence electrons. The van der Waals surface area contributed by atoms with Crippen molar-refractivity contribution < 1.29 is 19.4 Å². The van der Waals surface area contributed by atoms with Crippen molar-refractivity contribution in [2.45, 2.75) is 51.7 Å². The molecule has 1 aliphatic rings. The van der Waals surface area contributed by atoms with Gasteiger partial charge in [0, 0.05) is 19.7 Å². The lowest BCUT2D eigenvalue weighted by molar-refractivity contribution is -0.139. The summed E-state index contributed by atoms with van der Waals surface area (Å²) in [6.07, 6.45) is 3.08. The van der Waals surface area contributed by atoms with Gasteiger partial charge in [-0.15, -0.1) is 0 Å². The molecule has 0 saturated carbocycles. The van der Waals surface area contributed by atoms with Crippen LogP contribution in [0.5, 0.6) is 0 Å². The molecule has 0 aliphatic carbocycles. The number of carboxylic acids is 1. The van der Waals surface area contributed by atoms with Gasteiger partial charge < -0.3 is 20.1 Å². The quantitative estimate of drug-likeness (QED) is 0.767. The molecule has 2 atom stereocenters. The summed E-state index contributed by atoms with van der Waals surface area (Å²) in [6, 6.07) is -1.10. The van der Waals surface area contributed by atoms with Crippen LogP contribution >= 0.6 is 0 Å². The first-order valence-electron chi connectivity index (χ1n) is 6.98. The number of rotatable bonds is 6. The number of hydrogen-bond acceptors (Lipinski definition) is 3. The number of urea groups is 1. The molecule has 19 heavy (non-hydrogen) atoms. The first-order chi connectivity index (χ1) is 9.08. The zero-order chi connectivity index (χ0) is 14.3. The van der Waals surface area contributed by atoms with Crippen LogP contribution in [0.15, 0.2) is 0 Å². The molecule has 0 aromatic rings. The van der Waals surface area contributed by atoms with Crippen LogP contribution in [0, 0.1) is 0 Å². The normalized spacial score (nSPS) is 20.9. The van der Waals surface area contributed by atoms with Gasteiger partial charge in [0.25, 0.3) is 0 Å². The van der Waals surface area contributed by atoms with Gasteiger partial charge in [0.15, 0.2) is 0 Å². The Kier molecular flexibility index (Phi) is 6.62. The van der Waals surface area contributed by atoms with Crippen molar-refractivity contribution in [1.82, 2.24) is 10.2 Å². The van der Waals surface area contributed by atoms with Crippen LogP contribution in [0.2, 0.25) is 0 Å². The highest BCUT2D eigenvalue weighted by atomic mass is 16.5. The Morgan fingerprint density at radius 1 is 1.47 bits per heavy atom. The number of likely N-dealkylation sites (tertiary alicyclic amines) is 1. The predicted octanol–water partition coefficient (Wildman–Crippen LogP) is 1.45. The van der Waals surface area contributed by atoms with Crippen LogP contribution in [0.1, 0.15) is 39.5 Å². The number of carboxylic acid groups (broad SMARTS) is 1. The number of carbonyl (C=O) groups excluding carboxylic acids is 1. The summed E-state index contributed by atoms with van der Waals surface area (Å²) in [4.78, 5) is 24.7. The highest BCUT2D eigenvalue weighted by Gasteiger charge is 2.27. The molecule has 0 radical (unpaired) electrons. The van der Waals surface area contributed by atoms with E-state index >= 15 is 0 Å². The lowest BCUT2D eigenvalue weighted by atomic mass is 10.1. The van der Waals surface area contributed by atoms with Gasteiger partial charge in [-0.25, -0.2) is 9.59 Å². The van der Waals surface area contributed by atoms with Gasteiger partial charge in [0.2, 0.25) is 0 Å². The number of ether oxygens (including phenoxy) is 1. The third-order valence-corrected chi connectivity index (χ3v) is 3.24. The first kappa shape index (κ1) is 15.8. The number of amides is 2. The second kappa shape index (κ2) is 7.99. The average Bonchev–Trinajstić information content (AvgIpc) is 2.38. The van der Waals surface area contributed by atoms with Crippen molar-refractivity contribution in [3.8, 4) is 0 Å². The van der Waals surface area contributed by atoms with Crippen molar-refractivity contribution in [1.29, 1.82) is 0 Å².